The third-order valence-corrected chi connectivity index (χ3v) is 5.68. The number of amides is 1. The van der Waals surface area contributed by atoms with Crippen molar-refractivity contribution < 1.29 is 19.0 Å². The van der Waals surface area contributed by atoms with E-state index >= 15 is 0 Å². The molecule has 9 nitrogen and oxygen atoms in total. The molecule has 0 spiro atoms. The van der Waals surface area contributed by atoms with Gasteiger partial charge in [0.15, 0.2) is 5.82 Å². The van der Waals surface area contributed by atoms with Crippen LogP contribution in [0.3, 0.4) is 0 Å². The molecule has 1 aromatic heterocycles. The van der Waals surface area contributed by atoms with Crippen LogP contribution < -0.4 is 14.8 Å². The van der Waals surface area contributed by atoms with Gasteiger partial charge in [-0.15, -0.1) is 5.10 Å². The molecule has 2 heterocycles. The van der Waals surface area contributed by atoms with Crippen molar-refractivity contribution in [3.63, 3.8) is 0 Å². The predicted molar refractivity (Wildman–Crippen MR) is 117 cm³/mol. The number of carbonyl (C=O) groups excluding carboxylic acids is 1. The summed E-state index contributed by atoms with van der Waals surface area (Å²) in [4.78, 5) is 13.1. The number of methoxy groups -OCH3 is 1. The highest BCUT2D eigenvalue weighted by Crippen LogP contribution is 2.40. The van der Waals surface area contributed by atoms with Gasteiger partial charge >= 0.3 is 0 Å². The summed E-state index contributed by atoms with van der Waals surface area (Å²) in [6.07, 6.45) is 4.24. The molecule has 1 aliphatic carbocycles. The van der Waals surface area contributed by atoms with Crippen molar-refractivity contribution in [2.45, 2.75) is 37.7 Å². The number of ether oxygens (including phenoxy) is 3. The van der Waals surface area contributed by atoms with E-state index in [2.05, 4.69) is 20.8 Å². The molecular formula is C23H25N5O4. The summed E-state index contributed by atoms with van der Waals surface area (Å²) in [5.74, 6) is 2.06. The molecule has 1 saturated carbocycles. The Balaban J connectivity index is 1.36. The molecule has 1 unspecified atom stereocenters. The van der Waals surface area contributed by atoms with E-state index in [1.807, 2.05) is 18.2 Å². The number of anilines is 1. The minimum absolute atomic E-state index is 0.0761. The molecule has 2 aliphatic rings. The number of rotatable bonds is 8. The number of nitrogens with zero attached hydrogens (tertiary/aromatic N) is 4. The molecule has 3 aromatic rings. The minimum Gasteiger partial charge on any atom is -0.494 e. The van der Waals surface area contributed by atoms with Gasteiger partial charge in [-0.1, -0.05) is 12.1 Å². The first-order valence-electron chi connectivity index (χ1n) is 10.8. The maximum Gasteiger partial charge on any atom is 0.259 e. The topological polar surface area (TPSA) is 100 Å². The average molecular weight is 435 g/mol. The van der Waals surface area contributed by atoms with Gasteiger partial charge in [0.05, 0.1) is 18.8 Å². The summed E-state index contributed by atoms with van der Waals surface area (Å²) in [6.45, 7) is 1.19. The van der Waals surface area contributed by atoms with E-state index in [0.717, 1.165) is 38.1 Å². The predicted octanol–water partition coefficient (Wildman–Crippen LogP) is 3.36. The van der Waals surface area contributed by atoms with Crippen molar-refractivity contribution in [2.24, 2.45) is 0 Å². The van der Waals surface area contributed by atoms with Crippen molar-refractivity contribution >= 4 is 11.6 Å². The molecule has 2 fully saturated rings. The molecule has 1 saturated heterocycles. The van der Waals surface area contributed by atoms with Crippen molar-refractivity contribution in [3.05, 3.63) is 53.9 Å². The molecule has 9 heteroatoms. The van der Waals surface area contributed by atoms with E-state index in [0.29, 0.717) is 41.0 Å². The quantitative estimate of drug-likeness (QED) is 0.579. The van der Waals surface area contributed by atoms with Crippen LogP contribution in [0.25, 0.3) is 5.69 Å². The SMILES string of the molecule is COc1ccc(NC(=O)c2ccccc2OCC2CCCO2)cc1-n1nnnc1C1CC1. The first-order valence-corrected chi connectivity index (χ1v) is 10.8. The Bertz CT molecular complexity index is 1110. The van der Waals surface area contributed by atoms with Crippen LogP contribution in [0.1, 0.15) is 47.8 Å². The van der Waals surface area contributed by atoms with Crippen LogP contribution in [0.5, 0.6) is 11.5 Å². The lowest BCUT2D eigenvalue weighted by Gasteiger charge is -2.15. The summed E-state index contributed by atoms with van der Waals surface area (Å²) in [5, 5.41) is 15.1. The first-order chi connectivity index (χ1) is 15.7. The van der Waals surface area contributed by atoms with Gasteiger partial charge in [-0.05, 0) is 66.4 Å². The number of benzene rings is 2. The monoisotopic (exact) mass is 435 g/mol. The fourth-order valence-corrected chi connectivity index (χ4v) is 3.83. The van der Waals surface area contributed by atoms with Gasteiger partial charge in [0.2, 0.25) is 0 Å². The van der Waals surface area contributed by atoms with Crippen LogP contribution in [0.15, 0.2) is 42.5 Å². The molecule has 5 rings (SSSR count). The van der Waals surface area contributed by atoms with E-state index in [1.165, 1.54) is 0 Å². The zero-order valence-corrected chi connectivity index (χ0v) is 17.9. The Labute approximate surface area is 185 Å². The van der Waals surface area contributed by atoms with Gasteiger partial charge in [-0.2, -0.15) is 4.68 Å². The lowest BCUT2D eigenvalue weighted by molar-refractivity contribution is 0.0673. The molecule has 2 aromatic carbocycles. The largest absolute Gasteiger partial charge is 0.494 e. The van der Waals surface area contributed by atoms with Crippen LogP contribution in [-0.4, -0.2) is 52.5 Å². The lowest BCUT2D eigenvalue weighted by atomic mass is 10.1. The summed E-state index contributed by atoms with van der Waals surface area (Å²) in [6, 6.07) is 12.6. The van der Waals surface area contributed by atoms with E-state index < -0.39 is 0 Å². The Hall–Kier alpha value is -3.46. The number of nitrogens with one attached hydrogen (secondary N) is 1. The summed E-state index contributed by atoms with van der Waals surface area (Å²) >= 11 is 0. The normalized spacial score (nSPS) is 17.8. The fourth-order valence-electron chi connectivity index (χ4n) is 3.83. The molecule has 1 atom stereocenters. The average Bonchev–Trinajstić information content (AvgIpc) is 3.32. The van der Waals surface area contributed by atoms with Crippen LogP contribution in [-0.2, 0) is 4.74 Å². The van der Waals surface area contributed by atoms with Gasteiger partial charge in [0.1, 0.15) is 23.8 Å². The maximum absolute atomic E-state index is 13.1. The van der Waals surface area contributed by atoms with Crippen LogP contribution >= 0.6 is 0 Å². The number of para-hydroxylation sites is 1. The van der Waals surface area contributed by atoms with Gasteiger partial charge in [0.25, 0.3) is 5.91 Å². The molecule has 166 valence electrons. The number of hydrogen-bond acceptors (Lipinski definition) is 7. The number of hydrogen-bond donors (Lipinski definition) is 1. The molecule has 1 aliphatic heterocycles. The van der Waals surface area contributed by atoms with Gasteiger partial charge in [0, 0.05) is 18.2 Å². The fraction of sp³-hybridized carbons (Fsp3) is 0.391. The highest BCUT2D eigenvalue weighted by Gasteiger charge is 2.31. The smallest absolute Gasteiger partial charge is 0.259 e. The second kappa shape index (κ2) is 8.96. The Morgan fingerprint density at radius 3 is 2.84 bits per heavy atom. The second-order valence-electron chi connectivity index (χ2n) is 8.01. The van der Waals surface area contributed by atoms with Crippen LogP contribution in [0.2, 0.25) is 0 Å². The third kappa shape index (κ3) is 4.29. The molecular weight excluding hydrogens is 410 g/mol. The van der Waals surface area contributed by atoms with E-state index in [1.54, 1.807) is 36.1 Å². The highest BCUT2D eigenvalue weighted by molar-refractivity contribution is 6.06. The van der Waals surface area contributed by atoms with Gasteiger partial charge < -0.3 is 19.5 Å². The van der Waals surface area contributed by atoms with E-state index in [9.17, 15) is 4.79 Å². The highest BCUT2D eigenvalue weighted by atomic mass is 16.5. The first kappa shape index (κ1) is 20.4. The second-order valence-corrected chi connectivity index (χ2v) is 8.01. The van der Waals surface area contributed by atoms with Gasteiger partial charge in [-0.25, -0.2) is 0 Å². The molecule has 0 radical (unpaired) electrons. The maximum atomic E-state index is 13.1. The van der Waals surface area contributed by atoms with E-state index in [4.69, 9.17) is 14.2 Å². The van der Waals surface area contributed by atoms with Crippen molar-refractivity contribution in [3.8, 4) is 17.2 Å². The molecule has 1 N–H and O–H groups in total. The van der Waals surface area contributed by atoms with Crippen LogP contribution in [0.4, 0.5) is 5.69 Å². The molecule has 32 heavy (non-hydrogen) atoms. The number of carbonyl (C=O) groups is 1. The summed E-state index contributed by atoms with van der Waals surface area (Å²) in [7, 11) is 1.60. The molecule has 1 amide bonds. The van der Waals surface area contributed by atoms with Crippen molar-refractivity contribution in [1.82, 2.24) is 20.2 Å². The number of tetrazole rings is 1. The van der Waals surface area contributed by atoms with Crippen molar-refractivity contribution in [2.75, 3.05) is 25.6 Å². The van der Waals surface area contributed by atoms with Crippen LogP contribution in [0, 0.1) is 0 Å². The van der Waals surface area contributed by atoms with E-state index in [-0.39, 0.29) is 12.0 Å². The zero-order chi connectivity index (χ0) is 21.9. The van der Waals surface area contributed by atoms with Gasteiger partial charge in [-0.3, -0.25) is 4.79 Å². The Kier molecular flexibility index (Phi) is 5.72. The summed E-state index contributed by atoms with van der Waals surface area (Å²) < 4.78 is 18.7. The standard InChI is InChI=1S/C23H25N5O4/c1-30-21-11-10-16(13-19(21)28-22(15-8-9-15)25-26-27-28)24-23(29)18-6-2-3-7-20(18)32-14-17-5-4-12-31-17/h2-3,6-7,10-11,13,15,17H,4-5,8-9,12,14H2,1H3,(H,24,29). The Morgan fingerprint density at radius 2 is 2.06 bits per heavy atom. The molecule has 0 bridgehead atoms. The lowest BCUT2D eigenvalue weighted by Crippen LogP contribution is -2.19. The number of aromatic nitrogens is 4. The van der Waals surface area contributed by atoms with Crippen molar-refractivity contribution in [1.29, 1.82) is 0 Å². The third-order valence-electron chi connectivity index (χ3n) is 5.68. The Morgan fingerprint density at radius 1 is 1.19 bits per heavy atom. The zero-order valence-electron chi connectivity index (χ0n) is 17.9. The summed E-state index contributed by atoms with van der Waals surface area (Å²) in [5.41, 5.74) is 1.75. The minimum atomic E-state index is -0.261.